The van der Waals surface area contributed by atoms with E-state index in [4.69, 9.17) is 0 Å². The second kappa shape index (κ2) is 6.30. The van der Waals surface area contributed by atoms with Gasteiger partial charge in [0.15, 0.2) is 5.82 Å². The minimum Gasteiger partial charge on any atom is -0.354 e. The van der Waals surface area contributed by atoms with E-state index in [2.05, 4.69) is 20.3 Å². The fraction of sp³-hybridized carbons (Fsp3) is 0.250. The van der Waals surface area contributed by atoms with Gasteiger partial charge < -0.3 is 5.32 Å². The van der Waals surface area contributed by atoms with Crippen molar-refractivity contribution in [1.29, 1.82) is 0 Å². The first-order chi connectivity index (χ1) is 8.79. The molecule has 0 spiro atoms. The summed E-state index contributed by atoms with van der Waals surface area (Å²) in [5.74, 6) is 0.0358. The molecule has 2 aromatic heterocycles. The first kappa shape index (κ1) is 12.8. The number of rotatable bonds is 5. The van der Waals surface area contributed by atoms with Crippen molar-refractivity contribution in [1.82, 2.24) is 15.0 Å². The van der Waals surface area contributed by atoms with Gasteiger partial charge >= 0.3 is 0 Å². The van der Waals surface area contributed by atoms with Crippen molar-refractivity contribution in [2.24, 2.45) is 0 Å². The molecule has 0 aromatic carbocycles. The lowest BCUT2D eigenvalue weighted by Gasteiger charge is -2.06. The van der Waals surface area contributed by atoms with Crippen molar-refractivity contribution in [2.45, 2.75) is 23.3 Å². The van der Waals surface area contributed by atoms with E-state index in [1.165, 1.54) is 18.0 Å². The third-order valence-corrected chi connectivity index (χ3v) is 3.10. The van der Waals surface area contributed by atoms with E-state index in [0.29, 0.717) is 11.0 Å². The first-order valence-electron chi connectivity index (χ1n) is 5.64. The molecule has 6 heteroatoms. The van der Waals surface area contributed by atoms with Gasteiger partial charge in [0, 0.05) is 23.8 Å². The molecule has 2 heterocycles. The van der Waals surface area contributed by atoms with Crippen LogP contribution in [-0.4, -0.2) is 21.5 Å². The van der Waals surface area contributed by atoms with Gasteiger partial charge in [-0.1, -0.05) is 18.7 Å². The van der Waals surface area contributed by atoms with Gasteiger partial charge in [0.1, 0.15) is 5.03 Å². The molecule has 1 N–H and O–H groups in total. The molecule has 0 aliphatic heterocycles. The summed E-state index contributed by atoms with van der Waals surface area (Å²) in [6, 6.07) is 3.62. The van der Waals surface area contributed by atoms with Crippen LogP contribution in [0.25, 0.3) is 0 Å². The summed E-state index contributed by atoms with van der Waals surface area (Å²) in [4.78, 5) is 12.9. The van der Waals surface area contributed by atoms with Crippen molar-refractivity contribution in [3.63, 3.8) is 0 Å². The summed E-state index contributed by atoms with van der Waals surface area (Å²) in [7, 11) is 0. The minimum atomic E-state index is -0.418. The lowest BCUT2D eigenvalue weighted by atomic mass is 10.5. The van der Waals surface area contributed by atoms with Crippen molar-refractivity contribution >= 4 is 17.7 Å². The summed E-state index contributed by atoms with van der Waals surface area (Å²) in [6.07, 6.45) is 5.48. The zero-order valence-corrected chi connectivity index (χ0v) is 10.7. The quantitative estimate of drug-likeness (QED) is 0.841. The van der Waals surface area contributed by atoms with Gasteiger partial charge in [-0.15, -0.1) is 0 Å². The highest BCUT2D eigenvalue weighted by atomic mass is 32.2. The number of pyridine rings is 1. The van der Waals surface area contributed by atoms with E-state index in [-0.39, 0.29) is 0 Å². The fourth-order valence-electron chi connectivity index (χ4n) is 1.26. The molecule has 0 atom stereocenters. The van der Waals surface area contributed by atoms with Crippen LogP contribution in [0.5, 0.6) is 0 Å². The number of anilines is 1. The van der Waals surface area contributed by atoms with Crippen LogP contribution in [0.2, 0.25) is 0 Å². The molecule has 0 bridgehead atoms. The summed E-state index contributed by atoms with van der Waals surface area (Å²) in [5, 5.41) is 3.35. The van der Waals surface area contributed by atoms with Crippen LogP contribution in [0.15, 0.2) is 40.6 Å². The van der Waals surface area contributed by atoms with E-state index in [9.17, 15) is 4.39 Å². The van der Waals surface area contributed by atoms with E-state index in [0.717, 1.165) is 17.9 Å². The Morgan fingerprint density at radius 2 is 2.11 bits per heavy atom. The van der Waals surface area contributed by atoms with Gasteiger partial charge in [0.2, 0.25) is 5.95 Å². The third-order valence-electron chi connectivity index (χ3n) is 2.11. The second-order valence-electron chi connectivity index (χ2n) is 3.56. The summed E-state index contributed by atoms with van der Waals surface area (Å²) >= 11 is 1.26. The average Bonchev–Trinajstić information content (AvgIpc) is 2.41. The lowest BCUT2D eigenvalue weighted by Crippen LogP contribution is -2.05. The third kappa shape index (κ3) is 3.40. The monoisotopic (exact) mass is 264 g/mol. The number of nitrogens with zero attached hydrogens (tertiary/aromatic N) is 3. The molecule has 0 aliphatic rings. The van der Waals surface area contributed by atoms with Crippen molar-refractivity contribution in [3.05, 3.63) is 36.5 Å². The molecule has 0 saturated heterocycles. The SMILES string of the molecule is CCCNc1ncc(F)c(Sc2ccncc2)n1. The van der Waals surface area contributed by atoms with Crippen LogP contribution in [0, 0.1) is 5.82 Å². The fourth-order valence-corrected chi connectivity index (χ4v) is 2.03. The van der Waals surface area contributed by atoms with Crippen LogP contribution in [0.3, 0.4) is 0 Å². The molecule has 0 fully saturated rings. The van der Waals surface area contributed by atoms with Gasteiger partial charge in [0.05, 0.1) is 6.20 Å². The van der Waals surface area contributed by atoms with E-state index in [1.54, 1.807) is 12.4 Å². The molecule has 94 valence electrons. The molecule has 0 unspecified atom stereocenters. The molecule has 0 saturated carbocycles. The molecule has 18 heavy (non-hydrogen) atoms. The van der Waals surface area contributed by atoms with Gasteiger partial charge in [0.25, 0.3) is 0 Å². The molecule has 4 nitrogen and oxygen atoms in total. The highest BCUT2D eigenvalue weighted by Crippen LogP contribution is 2.27. The Morgan fingerprint density at radius 1 is 1.33 bits per heavy atom. The van der Waals surface area contributed by atoms with Crippen LogP contribution in [0.4, 0.5) is 10.3 Å². The smallest absolute Gasteiger partial charge is 0.223 e. The van der Waals surface area contributed by atoms with Gasteiger partial charge in [-0.05, 0) is 18.6 Å². The molecule has 0 amide bonds. The standard InChI is InChI=1S/C12H13FN4S/c1-2-5-15-12-16-8-10(13)11(17-12)18-9-3-6-14-7-4-9/h3-4,6-8H,2,5H2,1H3,(H,15,16,17). The molecule has 2 aromatic rings. The average molecular weight is 264 g/mol. The summed E-state index contributed by atoms with van der Waals surface area (Å²) < 4.78 is 13.6. The molecular weight excluding hydrogens is 251 g/mol. The highest BCUT2D eigenvalue weighted by Gasteiger charge is 2.08. The van der Waals surface area contributed by atoms with Crippen LogP contribution < -0.4 is 5.32 Å². The molecule has 0 aliphatic carbocycles. The van der Waals surface area contributed by atoms with Gasteiger partial charge in [-0.2, -0.15) is 0 Å². The van der Waals surface area contributed by atoms with E-state index < -0.39 is 5.82 Å². The molecule has 2 rings (SSSR count). The Kier molecular flexibility index (Phi) is 4.46. The Bertz CT molecular complexity index is 507. The molecular formula is C12H13FN4S. The van der Waals surface area contributed by atoms with Crippen molar-refractivity contribution in [2.75, 3.05) is 11.9 Å². The van der Waals surface area contributed by atoms with E-state index >= 15 is 0 Å². The minimum absolute atomic E-state index is 0.315. The molecule has 0 radical (unpaired) electrons. The van der Waals surface area contributed by atoms with Gasteiger partial charge in [-0.25, -0.2) is 14.4 Å². The second-order valence-corrected chi connectivity index (χ2v) is 4.62. The van der Waals surface area contributed by atoms with E-state index in [1.807, 2.05) is 19.1 Å². The zero-order chi connectivity index (χ0) is 12.8. The maximum atomic E-state index is 13.6. The Labute approximate surface area is 109 Å². The normalized spacial score (nSPS) is 10.3. The van der Waals surface area contributed by atoms with Crippen LogP contribution >= 0.6 is 11.8 Å². The number of hydrogen-bond donors (Lipinski definition) is 1. The topological polar surface area (TPSA) is 50.7 Å². The largest absolute Gasteiger partial charge is 0.354 e. The lowest BCUT2D eigenvalue weighted by molar-refractivity contribution is 0.580. The first-order valence-corrected chi connectivity index (χ1v) is 6.45. The van der Waals surface area contributed by atoms with Crippen molar-refractivity contribution in [3.8, 4) is 0 Å². The Morgan fingerprint density at radius 3 is 2.83 bits per heavy atom. The van der Waals surface area contributed by atoms with Gasteiger partial charge in [-0.3, -0.25) is 4.98 Å². The predicted molar refractivity (Wildman–Crippen MR) is 69.1 cm³/mol. The maximum absolute atomic E-state index is 13.6. The maximum Gasteiger partial charge on any atom is 0.223 e. The Hall–Kier alpha value is -1.69. The highest BCUT2D eigenvalue weighted by molar-refractivity contribution is 7.99. The number of aromatic nitrogens is 3. The summed E-state index contributed by atoms with van der Waals surface area (Å²) in [6.45, 7) is 2.81. The van der Waals surface area contributed by atoms with Crippen LogP contribution in [-0.2, 0) is 0 Å². The zero-order valence-electron chi connectivity index (χ0n) is 9.93. The number of nitrogens with one attached hydrogen (secondary N) is 1. The summed E-state index contributed by atoms with van der Waals surface area (Å²) in [5.41, 5.74) is 0. The number of halogens is 1. The van der Waals surface area contributed by atoms with Crippen molar-refractivity contribution < 1.29 is 4.39 Å². The Balaban J connectivity index is 2.16. The van der Waals surface area contributed by atoms with Crippen LogP contribution in [0.1, 0.15) is 13.3 Å². The predicted octanol–water partition coefficient (Wildman–Crippen LogP) is 2.98. The number of hydrogen-bond acceptors (Lipinski definition) is 5.